The summed E-state index contributed by atoms with van der Waals surface area (Å²) in [6.07, 6.45) is 0.855. The third kappa shape index (κ3) is 1.37. The molecule has 4 heteroatoms. The molecule has 0 unspecified atom stereocenters. The van der Waals surface area contributed by atoms with Crippen molar-refractivity contribution in [1.82, 2.24) is 0 Å². The summed E-state index contributed by atoms with van der Waals surface area (Å²) in [7, 11) is 0. The minimum Gasteiger partial charge on any atom is -0.385 e. The lowest BCUT2D eigenvalue weighted by atomic mass is 10.0. The second kappa shape index (κ2) is 3.00. The monoisotopic (exact) mass is 262 g/mol. The first-order valence-corrected chi connectivity index (χ1v) is 5.12. The van der Waals surface area contributed by atoms with Gasteiger partial charge in [0.1, 0.15) is 11.6 Å². The predicted molar refractivity (Wildman–Crippen MR) is 51.9 cm³/mol. The Labute approximate surface area is 88.9 Å². The maximum absolute atomic E-state index is 13.6. The van der Waals surface area contributed by atoms with Crippen LogP contribution in [0.2, 0.25) is 0 Å². The zero-order valence-electron chi connectivity index (χ0n) is 7.57. The highest BCUT2D eigenvalue weighted by Gasteiger charge is 2.47. The lowest BCUT2D eigenvalue weighted by Crippen LogP contribution is -2.12. The molecule has 1 aromatic rings. The van der Waals surface area contributed by atoms with Crippen molar-refractivity contribution in [3.8, 4) is 0 Å². The van der Waals surface area contributed by atoms with E-state index in [9.17, 15) is 13.9 Å². The van der Waals surface area contributed by atoms with Crippen LogP contribution >= 0.6 is 15.9 Å². The van der Waals surface area contributed by atoms with Crippen LogP contribution in [0.3, 0.4) is 0 Å². The lowest BCUT2D eigenvalue weighted by molar-refractivity contribution is 0.141. The van der Waals surface area contributed by atoms with Crippen molar-refractivity contribution in [1.29, 1.82) is 0 Å². The molecule has 1 aromatic carbocycles. The Morgan fingerprint density at radius 2 is 1.93 bits per heavy atom. The highest BCUT2D eigenvalue weighted by molar-refractivity contribution is 9.10. The van der Waals surface area contributed by atoms with Crippen LogP contribution in [0.25, 0.3) is 0 Å². The normalized spacial score (nSPS) is 18.4. The largest absolute Gasteiger partial charge is 0.385 e. The van der Waals surface area contributed by atoms with Gasteiger partial charge in [-0.1, -0.05) is 0 Å². The molecule has 0 radical (unpaired) electrons. The van der Waals surface area contributed by atoms with E-state index in [4.69, 9.17) is 0 Å². The van der Waals surface area contributed by atoms with Crippen LogP contribution in [0.15, 0.2) is 10.5 Å². The Hall–Kier alpha value is -0.480. The van der Waals surface area contributed by atoms with Gasteiger partial charge >= 0.3 is 0 Å². The second-order valence-corrected chi connectivity index (χ2v) is 4.56. The zero-order chi connectivity index (χ0) is 10.5. The highest BCUT2D eigenvalue weighted by atomic mass is 79.9. The second-order valence-electron chi connectivity index (χ2n) is 3.71. The first-order valence-electron chi connectivity index (χ1n) is 4.33. The SMILES string of the molecule is Cc1cc(Br)c(F)c(C2(O)CC2)c1F. The standard InChI is InChI=1S/C10H9BrF2O/c1-5-4-6(11)9(13)7(8(5)12)10(14)2-3-10/h4,14H,2-3H2,1H3. The summed E-state index contributed by atoms with van der Waals surface area (Å²) < 4.78 is 27.3. The van der Waals surface area contributed by atoms with Gasteiger partial charge in [0.05, 0.1) is 15.6 Å². The summed E-state index contributed by atoms with van der Waals surface area (Å²) in [4.78, 5) is 0. The van der Waals surface area contributed by atoms with Gasteiger partial charge in [0, 0.05) is 0 Å². The molecule has 1 fully saturated rings. The Kier molecular flexibility index (Phi) is 2.16. The molecule has 1 aliphatic rings. The molecular formula is C10H9BrF2O. The minimum atomic E-state index is -1.28. The minimum absolute atomic E-state index is 0.190. The number of hydrogen-bond acceptors (Lipinski definition) is 1. The van der Waals surface area contributed by atoms with Crippen LogP contribution in [0.4, 0.5) is 8.78 Å². The van der Waals surface area contributed by atoms with Crippen molar-refractivity contribution in [2.45, 2.75) is 25.4 Å². The number of aliphatic hydroxyl groups is 1. The van der Waals surface area contributed by atoms with Gasteiger partial charge in [-0.15, -0.1) is 0 Å². The summed E-state index contributed by atoms with van der Waals surface area (Å²) in [6, 6.07) is 1.37. The molecule has 1 saturated carbocycles. The Balaban J connectivity index is 2.68. The molecule has 14 heavy (non-hydrogen) atoms. The van der Waals surface area contributed by atoms with E-state index < -0.39 is 17.2 Å². The van der Waals surface area contributed by atoms with Crippen molar-refractivity contribution >= 4 is 15.9 Å². The van der Waals surface area contributed by atoms with Crippen molar-refractivity contribution in [3.05, 3.63) is 33.3 Å². The molecular weight excluding hydrogens is 254 g/mol. The lowest BCUT2D eigenvalue weighted by Gasteiger charge is -2.13. The van der Waals surface area contributed by atoms with E-state index in [1.54, 1.807) is 6.92 Å². The van der Waals surface area contributed by atoms with Crippen molar-refractivity contribution in [2.24, 2.45) is 0 Å². The number of halogens is 3. The van der Waals surface area contributed by atoms with Crippen molar-refractivity contribution in [2.75, 3.05) is 0 Å². The molecule has 0 aromatic heterocycles. The molecule has 0 saturated heterocycles. The summed E-state index contributed by atoms with van der Waals surface area (Å²) in [5.41, 5.74) is -1.12. The molecule has 0 bridgehead atoms. The summed E-state index contributed by atoms with van der Waals surface area (Å²) >= 11 is 3.00. The molecule has 1 aliphatic carbocycles. The van der Waals surface area contributed by atoms with E-state index >= 15 is 0 Å². The quantitative estimate of drug-likeness (QED) is 0.772. The number of aryl methyl sites for hydroxylation is 1. The van der Waals surface area contributed by atoms with Gasteiger partial charge in [0.15, 0.2) is 0 Å². The van der Waals surface area contributed by atoms with E-state index in [1.165, 1.54) is 6.07 Å². The number of hydrogen-bond donors (Lipinski definition) is 1. The molecule has 0 aliphatic heterocycles. The average molecular weight is 263 g/mol. The molecule has 0 amide bonds. The Morgan fingerprint density at radius 3 is 2.43 bits per heavy atom. The van der Waals surface area contributed by atoms with Gasteiger partial charge in [-0.05, 0) is 47.3 Å². The van der Waals surface area contributed by atoms with Gasteiger partial charge in [0.2, 0.25) is 0 Å². The fourth-order valence-corrected chi connectivity index (χ4v) is 2.05. The van der Waals surface area contributed by atoms with Crippen molar-refractivity contribution in [3.63, 3.8) is 0 Å². The maximum Gasteiger partial charge on any atom is 0.146 e. The van der Waals surface area contributed by atoms with E-state index in [-0.39, 0.29) is 10.0 Å². The first-order chi connectivity index (χ1) is 6.46. The van der Waals surface area contributed by atoms with E-state index in [2.05, 4.69) is 15.9 Å². The smallest absolute Gasteiger partial charge is 0.146 e. The number of rotatable bonds is 1. The van der Waals surface area contributed by atoms with Crippen molar-refractivity contribution < 1.29 is 13.9 Å². The molecule has 0 heterocycles. The summed E-state index contributed by atoms with van der Waals surface area (Å²) in [6.45, 7) is 1.55. The van der Waals surface area contributed by atoms with Gasteiger partial charge < -0.3 is 5.11 Å². The molecule has 0 atom stereocenters. The van der Waals surface area contributed by atoms with E-state index in [1.807, 2.05) is 0 Å². The first kappa shape index (κ1) is 10.1. The van der Waals surface area contributed by atoms with Crippen LogP contribution in [0, 0.1) is 18.6 Å². The Bertz CT molecular complexity index is 373. The zero-order valence-corrected chi connectivity index (χ0v) is 9.16. The van der Waals surface area contributed by atoms with Crippen LogP contribution in [0.5, 0.6) is 0 Å². The summed E-state index contributed by atoms with van der Waals surface area (Å²) in [5, 5.41) is 9.71. The van der Waals surface area contributed by atoms with Gasteiger partial charge in [0.25, 0.3) is 0 Å². The fraction of sp³-hybridized carbons (Fsp3) is 0.400. The summed E-state index contributed by atoms with van der Waals surface area (Å²) in [5.74, 6) is -1.32. The topological polar surface area (TPSA) is 20.2 Å². The fourth-order valence-electron chi connectivity index (χ4n) is 1.51. The van der Waals surface area contributed by atoms with E-state index in [0.29, 0.717) is 18.4 Å². The van der Waals surface area contributed by atoms with Crippen LogP contribution < -0.4 is 0 Å². The van der Waals surface area contributed by atoms with Gasteiger partial charge in [-0.25, -0.2) is 8.78 Å². The molecule has 0 spiro atoms. The van der Waals surface area contributed by atoms with Gasteiger partial charge in [-0.3, -0.25) is 0 Å². The Morgan fingerprint density at radius 1 is 1.36 bits per heavy atom. The molecule has 2 rings (SSSR count). The molecule has 76 valence electrons. The number of benzene rings is 1. The van der Waals surface area contributed by atoms with Gasteiger partial charge in [-0.2, -0.15) is 0 Å². The third-order valence-corrected chi connectivity index (χ3v) is 3.10. The third-order valence-electron chi connectivity index (χ3n) is 2.53. The highest BCUT2D eigenvalue weighted by Crippen LogP contribution is 2.48. The molecule has 1 nitrogen and oxygen atoms in total. The van der Waals surface area contributed by atoms with Crippen LogP contribution in [-0.2, 0) is 5.60 Å². The predicted octanol–water partition coefficient (Wildman–Crippen LogP) is 3.02. The van der Waals surface area contributed by atoms with Crippen LogP contribution in [0.1, 0.15) is 24.0 Å². The maximum atomic E-state index is 13.6. The molecule has 1 N–H and O–H groups in total. The van der Waals surface area contributed by atoms with E-state index in [0.717, 1.165) is 0 Å². The van der Waals surface area contributed by atoms with Crippen LogP contribution in [-0.4, -0.2) is 5.11 Å². The average Bonchev–Trinajstić information content (AvgIpc) is 2.81.